The fourth-order valence-electron chi connectivity index (χ4n) is 1.29. The third kappa shape index (κ3) is 2.56. The molecule has 0 N–H and O–H groups in total. The van der Waals surface area contributed by atoms with Crippen molar-refractivity contribution in [2.45, 2.75) is 18.0 Å². The van der Waals surface area contributed by atoms with E-state index in [2.05, 4.69) is 4.74 Å². The Morgan fingerprint density at radius 2 is 1.40 bits per heavy atom. The third-order valence-electron chi connectivity index (χ3n) is 2.42. The van der Waals surface area contributed by atoms with Crippen LogP contribution < -0.4 is 0 Å². The van der Waals surface area contributed by atoms with Gasteiger partial charge in [0.05, 0.1) is 12.7 Å². The maximum absolute atomic E-state index is 13.3. The zero-order chi connectivity index (χ0) is 15.8. The molecule has 112 valence electrons. The molecule has 0 spiro atoms. The van der Waals surface area contributed by atoms with Crippen LogP contribution in [0.2, 0.25) is 0 Å². The molecule has 0 aliphatic rings. The van der Waals surface area contributed by atoms with Gasteiger partial charge in [0.1, 0.15) is 0 Å². The number of benzene rings is 1. The lowest BCUT2D eigenvalue weighted by Crippen LogP contribution is -2.50. The highest BCUT2D eigenvalue weighted by molar-refractivity contribution is 5.89. The van der Waals surface area contributed by atoms with Crippen LogP contribution in [0.25, 0.3) is 0 Å². The number of hydrogen-bond donors (Lipinski definition) is 0. The molecular weight excluding hydrogens is 297 g/mol. The number of methoxy groups -OCH3 is 1. The first kappa shape index (κ1) is 16.3. The highest BCUT2D eigenvalue weighted by Crippen LogP contribution is 2.51. The molecule has 1 rings (SSSR count). The van der Waals surface area contributed by atoms with Crippen LogP contribution in [-0.4, -0.2) is 25.2 Å². The summed E-state index contributed by atoms with van der Waals surface area (Å²) < 4.78 is 92.2. The number of halogens is 7. The molecule has 0 aromatic heterocycles. The standard InChI is InChI=1S/C11H7F7O2/c1-20-8(19)6-2-4-7(5-3-6)9(12,13)10(14,15)11(16,17)18/h2-5H,1H3. The minimum atomic E-state index is -6.41. The summed E-state index contributed by atoms with van der Waals surface area (Å²) in [6.07, 6.45) is -6.41. The van der Waals surface area contributed by atoms with Gasteiger partial charge in [-0.3, -0.25) is 0 Å². The van der Waals surface area contributed by atoms with Crippen LogP contribution >= 0.6 is 0 Å². The number of rotatable bonds is 3. The normalized spacial score (nSPS) is 13.2. The lowest BCUT2D eigenvalue weighted by molar-refractivity contribution is -0.359. The molecule has 0 heterocycles. The minimum Gasteiger partial charge on any atom is -0.465 e. The molecule has 1 aromatic rings. The van der Waals surface area contributed by atoms with Gasteiger partial charge in [-0.1, -0.05) is 12.1 Å². The second kappa shape index (κ2) is 4.95. The summed E-state index contributed by atoms with van der Waals surface area (Å²) >= 11 is 0. The first-order valence-corrected chi connectivity index (χ1v) is 4.96. The molecule has 0 aliphatic heterocycles. The lowest BCUT2D eigenvalue weighted by atomic mass is 10.0. The Hall–Kier alpha value is -1.80. The molecule has 0 saturated heterocycles. The summed E-state index contributed by atoms with van der Waals surface area (Å²) in [5.41, 5.74) is -1.82. The number of hydrogen-bond acceptors (Lipinski definition) is 2. The first-order valence-electron chi connectivity index (χ1n) is 4.96. The SMILES string of the molecule is COC(=O)c1ccc(C(F)(F)C(F)(F)C(F)(F)F)cc1. The van der Waals surface area contributed by atoms with Crippen LogP contribution in [0.1, 0.15) is 15.9 Å². The quantitative estimate of drug-likeness (QED) is 0.628. The van der Waals surface area contributed by atoms with Crippen molar-refractivity contribution in [2.75, 3.05) is 7.11 Å². The fraction of sp³-hybridized carbons (Fsp3) is 0.364. The fourth-order valence-corrected chi connectivity index (χ4v) is 1.29. The van der Waals surface area contributed by atoms with E-state index in [0.717, 1.165) is 7.11 Å². The Balaban J connectivity index is 3.20. The van der Waals surface area contributed by atoms with E-state index in [1.165, 1.54) is 0 Å². The average molecular weight is 304 g/mol. The van der Waals surface area contributed by atoms with E-state index in [9.17, 15) is 35.5 Å². The number of ether oxygens (including phenoxy) is 1. The van der Waals surface area contributed by atoms with Crippen LogP contribution in [-0.2, 0) is 10.7 Å². The summed E-state index contributed by atoms with van der Waals surface area (Å²) in [6.45, 7) is 0. The average Bonchev–Trinajstić information content (AvgIpc) is 2.36. The largest absolute Gasteiger partial charge is 0.465 e. The topological polar surface area (TPSA) is 26.3 Å². The van der Waals surface area contributed by atoms with Gasteiger partial charge >= 0.3 is 24.0 Å². The summed E-state index contributed by atoms with van der Waals surface area (Å²) in [7, 11) is 0.989. The minimum absolute atomic E-state index is 0.262. The Bertz CT molecular complexity index is 490. The Morgan fingerprint density at radius 3 is 1.75 bits per heavy atom. The van der Waals surface area contributed by atoms with Crippen LogP contribution in [0.3, 0.4) is 0 Å². The van der Waals surface area contributed by atoms with E-state index in [0.29, 0.717) is 24.3 Å². The Morgan fingerprint density at radius 1 is 0.950 bits per heavy atom. The number of esters is 1. The smallest absolute Gasteiger partial charge is 0.460 e. The molecule has 0 unspecified atom stereocenters. The van der Waals surface area contributed by atoms with E-state index in [1.807, 2.05) is 0 Å². The van der Waals surface area contributed by atoms with E-state index in [1.54, 1.807) is 0 Å². The van der Waals surface area contributed by atoms with Crippen molar-refractivity contribution in [3.8, 4) is 0 Å². The highest BCUT2D eigenvalue weighted by Gasteiger charge is 2.73. The molecule has 2 nitrogen and oxygen atoms in total. The molecule has 0 aliphatic carbocycles. The monoisotopic (exact) mass is 304 g/mol. The van der Waals surface area contributed by atoms with Gasteiger partial charge in [-0.25, -0.2) is 4.79 Å². The van der Waals surface area contributed by atoms with Gasteiger partial charge in [-0.15, -0.1) is 0 Å². The summed E-state index contributed by atoms with van der Waals surface area (Å²) in [6, 6.07) is 1.96. The van der Waals surface area contributed by atoms with Crippen molar-refractivity contribution < 1.29 is 40.3 Å². The van der Waals surface area contributed by atoms with Crippen molar-refractivity contribution in [1.29, 1.82) is 0 Å². The molecule has 0 amide bonds. The number of carbonyl (C=O) groups is 1. The van der Waals surface area contributed by atoms with Gasteiger partial charge < -0.3 is 4.74 Å². The molecule has 1 aromatic carbocycles. The molecule has 0 radical (unpaired) electrons. The Labute approximate surface area is 108 Å². The maximum atomic E-state index is 13.3. The predicted octanol–water partition coefficient (Wildman–Crippen LogP) is 3.76. The molecule has 20 heavy (non-hydrogen) atoms. The van der Waals surface area contributed by atoms with Crippen LogP contribution in [0.4, 0.5) is 30.7 Å². The van der Waals surface area contributed by atoms with E-state index in [4.69, 9.17) is 0 Å². The highest BCUT2D eigenvalue weighted by atomic mass is 19.4. The van der Waals surface area contributed by atoms with E-state index < -0.39 is 29.6 Å². The first-order chi connectivity index (χ1) is 8.95. The second-order valence-electron chi connectivity index (χ2n) is 3.72. The van der Waals surface area contributed by atoms with Crippen molar-refractivity contribution in [3.63, 3.8) is 0 Å². The molecule has 0 bridgehead atoms. The van der Waals surface area contributed by atoms with Gasteiger partial charge in [-0.05, 0) is 12.1 Å². The van der Waals surface area contributed by atoms with Crippen LogP contribution in [0.15, 0.2) is 24.3 Å². The zero-order valence-electron chi connectivity index (χ0n) is 9.77. The van der Waals surface area contributed by atoms with Gasteiger partial charge in [0.25, 0.3) is 0 Å². The summed E-state index contributed by atoms with van der Waals surface area (Å²) in [5, 5.41) is 0. The molecule has 0 saturated carbocycles. The predicted molar refractivity (Wildman–Crippen MR) is 52.7 cm³/mol. The number of alkyl halides is 7. The third-order valence-corrected chi connectivity index (χ3v) is 2.42. The van der Waals surface area contributed by atoms with Crippen LogP contribution in [0, 0.1) is 0 Å². The van der Waals surface area contributed by atoms with Crippen molar-refractivity contribution in [3.05, 3.63) is 35.4 Å². The maximum Gasteiger partial charge on any atom is 0.460 e. The molecule has 0 fully saturated rings. The van der Waals surface area contributed by atoms with Gasteiger partial charge in [0, 0.05) is 5.56 Å². The summed E-state index contributed by atoms with van der Waals surface area (Å²) in [5.74, 6) is -12.6. The van der Waals surface area contributed by atoms with Crippen molar-refractivity contribution >= 4 is 5.97 Å². The zero-order valence-corrected chi connectivity index (χ0v) is 9.77. The number of carbonyl (C=O) groups excluding carboxylic acids is 1. The summed E-state index contributed by atoms with van der Waals surface area (Å²) in [4.78, 5) is 11.0. The van der Waals surface area contributed by atoms with Crippen molar-refractivity contribution in [1.82, 2.24) is 0 Å². The van der Waals surface area contributed by atoms with Crippen molar-refractivity contribution in [2.24, 2.45) is 0 Å². The lowest BCUT2D eigenvalue weighted by Gasteiger charge is -2.28. The van der Waals surface area contributed by atoms with Gasteiger partial charge in [0.15, 0.2) is 0 Å². The van der Waals surface area contributed by atoms with E-state index in [-0.39, 0.29) is 5.56 Å². The molecule has 0 atom stereocenters. The van der Waals surface area contributed by atoms with E-state index >= 15 is 0 Å². The molecular formula is C11H7F7O2. The van der Waals surface area contributed by atoms with Crippen LogP contribution in [0.5, 0.6) is 0 Å². The second-order valence-corrected chi connectivity index (χ2v) is 3.72. The Kier molecular flexibility index (Phi) is 4.02. The van der Waals surface area contributed by atoms with Gasteiger partial charge in [-0.2, -0.15) is 30.7 Å². The molecule has 9 heteroatoms. The van der Waals surface area contributed by atoms with Gasteiger partial charge in [0.2, 0.25) is 0 Å².